The van der Waals surface area contributed by atoms with Crippen LogP contribution in [0.4, 0.5) is 9.59 Å². The van der Waals surface area contributed by atoms with E-state index in [0.717, 1.165) is 74.7 Å². The molecule has 4 fully saturated rings. The van der Waals surface area contributed by atoms with Crippen molar-refractivity contribution in [1.82, 2.24) is 10.6 Å². The topological polar surface area (TPSA) is 95.1 Å². The van der Waals surface area contributed by atoms with Gasteiger partial charge >= 0.3 is 12.2 Å². The third-order valence-corrected chi connectivity index (χ3v) is 15.0. The van der Waals surface area contributed by atoms with Crippen LogP contribution in [0.25, 0.3) is 0 Å². The standard InChI is InChI=1S/2C26H31NO3/c2*1-29-24-5-3-2-4-19(24)8-6-18-7-9-21-15-22(11-10-20(21)14-18)23-12-13-26(16-23)17-30-25(28)27-26/h2*2-5,10-11,15,18,23H,6-9,12-14,16-17H2,1H3,(H,27,28)/t18-,23+,26-;18-,23-,26+/m10/s1. The van der Waals surface area contributed by atoms with Gasteiger partial charge in [-0.1, -0.05) is 72.8 Å². The Balaban J connectivity index is 0.000000154. The molecule has 0 aromatic heterocycles. The van der Waals surface area contributed by atoms with Crippen molar-refractivity contribution in [1.29, 1.82) is 0 Å². The molecule has 2 spiro atoms. The van der Waals surface area contributed by atoms with E-state index in [1.54, 1.807) is 14.2 Å². The number of nitrogens with one attached hydrogen (secondary N) is 2. The first kappa shape index (κ1) is 40.4. The highest BCUT2D eigenvalue weighted by Gasteiger charge is 2.47. The van der Waals surface area contributed by atoms with Crippen LogP contribution < -0.4 is 20.1 Å². The molecule has 2 amide bonds. The summed E-state index contributed by atoms with van der Waals surface area (Å²) in [4.78, 5) is 23.0. The number of rotatable bonds is 10. The van der Waals surface area contributed by atoms with Crippen molar-refractivity contribution in [3.05, 3.63) is 129 Å². The van der Waals surface area contributed by atoms with Crippen molar-refractivity contribution < 1.29 is 28.5 Å². The van der Waals surface area contributed by atoms with Crippen molar-refractivity contribution in [2.45, 2.75) is 126 Å². The van der Waals surface area contributed by atoms with Gasteiger partial charge in [-0.05, 0) is 183 Å². The van der Waals surface area contributed by atoms with Crippen LogP contribution in [0.1, 0.15) is 121 Å². The highest BCUT2D eigenvalue weighted by atomic mass is 16.6. The average Bonchev–Trinajstić information content (AvgIpc) is 4.09. The molecule has 2 saturated heterocycles. The fourth-order valence-electron chi connectivity index (χ4n) is 11.5. The van der Waals surface area contributed by atoms with Crippen molar-refractivity contribution in [3.8, 4) is 11.5 Å². The number of hydrogen-bond donors (Lipinski definition) is 2. The molecular weight excluding hydrogens is 749 g/mol. The minimum Gasteiger partial charge on any atom is -0.496 e. The van der Waals surface area contributed by atoms with Gasteiger partial charge < -0.3 is 29.6 Å². The number of ether oxygens (including phenoxy) is 4. The molecule has 60 heavy (non-hydrogen) atoms. The van der Waals surface area contributed by atoms with Gasteiger partial charge in [0.05, 0.1) is 25.3 Å². The Hall–Kier alpha value is -4.98. The SMILES string of the molecule is COc1ccccc1CC[C@@H]1CCc2cc([C@H]3CC[C@]4(COC(=O)N4)C3)ccc2C1.COc1ccccc1CC[C@H]1CCc2cc([C@H]3CC[C@]4(COC(=O)N4)C3)ccc2C1. The molecule has 4 aromatic rings. The van der Waals surface area contributed by atoms with Crippen LogP contribution in [0.2, 0.25) is 0 Å². The number of cyclic esters (lactones) is 2. The lowest BCUT2D eigenvalue weighted by Gasteiger charge is -2.26. The summed E-state index contributed by atoms with van der Waals surface area (Å²) < 4.78 is 21.4. The summed E-state index contributed by atoms with van der Waals surface area (Å²) in [7, 11) is 3.51. The van der Waals surface area contributed by atoms with Crippen molar-refractivity contribution in [3.63, 3.8) is 0 Å². The number of fused-ring (bicyclic) bond motifs is 2. The summed E-state index contributed by atoms with van der Waals surface area (Å²) in [6, 6.07) is 31.1. The molecule has 4 aliphatic carbocycles. The summed E-state index contributed by atoms with van der Waals surface area (Å²) in [6.07, 6.45) is 17.7. The molecule has 2 aliphatic heterocycles. The van der Waals surface area contributed by atoms with Crippen molar-refractivity contribution in [2.24, 2.45) is 11.8 Å². The number of benzene rings is 4. The maximum absolute atomic E-state index is 11.5. The predicted octanol–water partition coefficient (Wildman–Crippen LogP) is 10.4. The molecule has 0 radical (unpaired) electrons. The van der Waals surface area contributed by atoms with Crippen LogP contribution in [0.3, 0.4) is 0 Å². The zero-order valence-corrected chi connectivity index (χ0v) is 35.6. The second-order valence-corrected chi connectivity index (χ2v) is 18.8. The molecule has 8 heteroatoms. The Bertz CT molecular complexity index is 2030. The van der Waals surface area contributed by atoms with E-state index in [-0.39, 0.29) is 23.3 Å². The molecule has 10 rings (SSSR count). The van der Waals surface area contributed by atoms with E-state index in [2.05, 4.69) is 83.4 Å². The van der Waals surface area contributed by atoms with Gasteiger partial charge in [0.25, 0.3) is 0 Å². The maximum Gasteiger partial charge on any atom is 0.407 e. The number of aryl methyl sites for hydroxylation is 4. The van der Waals surface area contributed by atoms with Crippen LogP contribution in [-0.2, 0) is 48.0 Å². The predicted molar refractivity (Wildman–Crippen MR) is 234 cm³/mol. The van der Waals surface area contributed by atoms with E-state index in [4.69, 9.17) is 18.9 Å². The second-order valence-electron chi connectivity index (χ2n) is 18.8. The van der Waals surface area contributed by atoms with Gasteiger partial charge in [0, 0.05) is 0 Å². The van der Waals surface area contributed by atoms with Crippen molar-refractivity contribution >= 4 is 12.2 Å². The maximum atomic E-state index is 11.5. The van der Waals surface area contributed by atoms with E-state index in [9.17, 15) is 9.59 Å². The zero-order chi connectivity index (χ0) is 41.1. The fraction of sp³-hybridized carbons (Fsp3) is 0.500. The van der Waals surface area contributed by atoms with Gasteiger partial charge in [-0.2, -0.15) is 0 Å². The molecule has 2 saturated carbocycles. The summed E-state index contributed by atoms with van der Waals surface area (Å²) >= 11 is 0. The Kier molecular flexibility index (Phi) is 11.8. The van der Waals surface area contributed by atoms with E-state index in [1.807, 2.05) is 12.1 Å². The molecule has 4 aromatic carbocycles. The summed E-state index contributed by atoms with van der Waals surface area (Å²) in [5, 5.41) is 6.13. The van der Waals surface area contributed by atoms with Crippen LogP contribution in [0, 0.1) is 11.8 Å². The number of para-hydroxylation sites is 2. The van der Waals surface area contributed by atoms with Gasteiger partial charge in [0.2, 0.25) is 0 Å². The minimum absolute atomic E-state index is 0.124. The van der Waals surface area contributed by atoms with Crippen molar-refractivity contribution in [2.75, 3.05) is 27.4 Å². The van der Waals surface area contributed by atoms with Crippen LogP contribution in [0.5, 0.6) is 11.5 Å². The first-order chi connectivity index (χ1) is 29.3. The molecule has 2 heterocycles. The number of amides is 2. The Morgan fingerprint density at radius 1 is 0.583 bits per heavy atom. The monoisotopic (exact) mass is 810 g/mol. The first-order valence-corrected chi connectivity index (χ1v) is 22.7. The molecule has 316 valence electrons. The third-order valence-electron chi connectivity index (χ3n) is 15.0. The highest BCUT2D eigenvalue weighted by Crippen LogP contribution is 2.45. The highest BCUT2D eigenvalue weighted by molar-refractivity contribution is 5.71. The van der Waals surface area contributed by atoms with Crippen LogP contribution >= 0.6 is 0 Å². The number of alkyl carbamates (subject to hydrolysis) is 2. The third kappa shape index (κ3) is 8.89. The first-order valence-electron chi connectivity index (χ1n) is 22.7. The lowest BCUT2D eigenvalue weighted by atomic mass is 9.79. The van der Waals surface area contributed by atoms with Gasteiger partial charge in [-0.15, -0.1) is 0 Å². The molecule has 2 N–H and O–H groups in total. The number of carbonyl (C=O) groups is 2. The lowest BCUT2D eigenvalue weighted by Crippen LogP contribution is -2.40. The fourth-order valence-corrected chi connectivity index (χ4v) is 11.5. The Labute approximate surface area is 356 Å². The normalized spacial score (nSPS) is 27.6. The van der Waals surface area contributed by atoms with Gasteiger partial charge in [-0.3, -0.25) is 0 Å². The molecular formula is C52H62N2O6. The van der Waals surface area contributed by atoms with Crippen LogP contribution in [0.15, 0.2) is 84.9 Å². The molecule has 6 aliphatic rings. The molecule has 6 atom stereocenters. The number of hydrogen-bond acceptors (Lipinski definition) is 6. The quantitative estimate of drug-likeness (QED) is 0.166. The van der Waals surface area contributed by atoms with Crippen LogP contribution in [-0.4, -0.2) is 50.7 Å². The van der Waals surface area contributed by atoms with Gasteiger partial charge in [0.15, 0.2) is 0 Å². The zero-order valence-electron chi connectivity index (χ0n) is 35.6. The average molecular weight is 811 g/mol. The molecule has 0 bridgehead atoms. The van der Waals surface area contributed by atoms with E-state index in [0.29, 0.717) is 25.0 Å². The molecule has 8 nitrogen and oxygen atoms in total. The minimum atomic E-state index is -0.250. The van der Waals surface area contributed by atoms with E-state index in [1.165, 1.54) is 95.9 Å². The van der Waals surface area contributed by atoms with E-state index >= 15 is 0 Å². The van der Waals surface area contributed by atoms with E-state index < -0.39 is 0 Å². The Morgan fingerprint density at radius 3 is 1.45 bits per heavy atom. The van der Waals surface area contributed by atoms with Gasteiger partial charge in [-0.25, -0.2) is 9.59 Å². The summed E-state index contributed by atoms with van der Waals surface area (Å²) in [6.45, 7) is 1.06. The summed E-state index contributed by atoms with van der Waals surface area (Å²) in [5.74, 6) is 4.57. The number of methoxy groups -OCH3 is 2. The lowest BCUT2D eigenvalue weighted by molar-refractivity contribution is 0.171. The molecule has 0 unspecified atom stereocenters. The largest absolute Gasteiger partial charge is 0.496 e. The van der Waals surface area contributed by atoms with Gasteiger partial charge in [0.1, 0.15) is 24.7 Å². The Morgan fingerprint density at radius 2 is 1.03 bits per heavy atom. The summed E-state index contributed by atoms with van der Waals surface area (Å²) in [5.41, 5.74) is 11.4. The number of carbonyl (C=O) groups excluding carboxylic acids is 2. The second kappa shape index (κ2) is 17.6. The smallest absolute Gasteiger partial charge is 0.407 e.